The summed E-state index contributed by atoms with van der Waals surface area (Å²) >= 11 is 0. The molecule has 1 saturated heterocycles. The first-order chi connectivity index (χ1) is 17.7. The van der Waals surface area contributed by atoms with Gasteiger partial charge in [-0.1, -0.05) is 30.3 Å². The number of benzene rings is 1. The van der Waals surface area contributed by atoms with Crippen LogP contribution in [0.2, 0.25) is 0 Å². The number of amides is 1. The molecule has 1 fully saturated rings. The summed E-state index contributed by atoms with van der Waals surface area (Å²) in [7, 11) is 0. The number of carbonyl (C=O) groups is 1. The van der Waals surface area contributed by atoms with E-state index in [1.807, 2.05) is 51.1 Å². The number of H-pyrrole nitrogens is 1. The van der Waals surface area contributed by atoms with E-state index in [0.717, 1.165) is 5.56 Å². The van der Waals surface area contributed by atoms with Crippen LogP contribution in [-0.2, 0) is 4.74 Å². The van der Waals surface area contributed by atoms with Crippen LogP contribution < -0.4 is 10.6 Å². The normalized spacial score (nSPS) is 16.0. The van der Waals surface area contributed by atoms with Gasteiger partial charge in [0, 0.05) is 25.8 Å². The summed E-state index contributed by atoms with van der Waals surface area (Å²) in [6, 6.07) is 18.7. The molecular weight excluding hydrogens is 470 g/mol. The van der Waals surface area contributed by atoms with Crippen molar-refractivity contribution in [2.24, 2.45) is 0 Å². The minimum atomic E-state index is -0.596. The first kappa shape index (κ1) is 24.1. The van der Waals surface area contributed by atoms with Crippen LogP contribution in [0, 0.1) is 11.3 Å². The Labute approximate surface area is 213 Å². The van der Waals surface area contributed by atoms with E-state index in [2.05, 4.69) is 20.9 Å². The molecule has 10 nitrogen and oxygen atoms in total. The molecule has 0 aliphatic carbocycles. The van der Waals surface area contributed by atoms with Crippen molar-refractivity contribution >= 4 is 23.1 Å². The van der Waals surface area contributed by atoms with Crippen molar-refractivity contribution in [1.29, 1.82) is 5.26 Å². The molecule has 1 aliphatic heterocycles. The van der Waals surface area contributed by atoms with Crippen molar-refractivity contribution in [2.75, 3.05) is 24.5 Å². The van der Waals surface area contributed by atoms with Gasteiger partial charge < -0.3 is 14.5 Å². The minimum Gasteiger partial charge on any atom is -0.444 e. The predicted molar refractivity (Wildman–Crippen MR) is 139 cm³/mol. The van der Waals surface area contributed by atoms with Crippen LogP contribution in [0.5, 0.6) is 0 Å². The lowest BCUT2D eigenvalue weighted by Gasteiger charge is -2.42. The Hall–Kier alpha value is -4.65. The van der Waals surface area contributed by atoms with Gasteiger partial charge in [-0.2, -0.15) is 5.26 Å². The molecule has 1 unspecified atom stereocenters. The molecule has 0 radical (unpaired) electrons. The van der Waals surface area contributed by atoms with Gasteiger partial charge in [0.1, 0.15) is 17.5 Å². The number of hydrogen-bond acceptors (Lipinski definition) is 7. The number of piperazine rings is 1. The number of anilines is 1. The highest BCUT2D eigenvalue weighted by Crippen LogP contribution is 2.31. The second kappa shape index (κ2) is 9.43. The van der Waals surface area contributed by atoms with Gasteiger partial charge >= 0.3 is 11.8 Å². The van der Waals surface area contributed by atoms with Crippen molar-refractivity contribution in [3.63, 3.8) is 0 Å². The maximum absolute atomic E-state index is 12.9. The summed E-state index contributed by atoms with van der Waals surface area (Å²) in [6.45, 7) is 6.86. The molecule has 1 amide bonds. The van der Waals surface area contributed by atoms with E-state index in [-0.39, 0.29) is 23.5 Å². The molecule has 0 saturated carbocycles. The molecule has 4 aromatic rings. The number of ether oxygens (including phenoxy) is 1. The number of imidazole rings is 1. The number of fused-ring (bicyclic) bond motifs is 1. The van der Waals surface area contributed by atoms with E-state index in [1.165, 1.54) is 4.57 Å². The van der Waals surface area contributed by atoms with Crippen LogP contribution in [-0.4, -0.2) is 55.7 Å². The van der Waals surface area contributed by atoms with E-state index in [4.69, 9.17) is 9.72 Å². The maximum Gasteiger partial charge on any atom is 0.410 e. The fourth-order valence-electron chi connectivity index (χ4n) is 4.52. The summed E-state index contributed by atoms with van der Waals surface area (Å²) < 4.78 is 7.00. The SMILES string of the molecule is CC(C)(C)OC(=O)N1CCN(c2ccc(C#N)c(-n3c(=O)[nH]c4ncccc43)n2)C(c2ccccc2)C1. The van der Waals surface area contributed by atoms with Crippen molar-refractivity contribution in [3.8, 4) is 11.9 Å². The van der Waals surface area contributed by atoms with Crippen LogP contribution in [0.15, 0.2) is 65.6 Å². The van der Waals surface area contributed by atoms with Crippen molar-refractivity contribution < 1.29 is 9.53 Å². The Morgan fingerprint density at radius 1 is 1.11 bits per heavy atom. The standard InChI is InChI=1S/C27H27N7O3/c1-27(2,3)37-26(36)32-14-15-33(21(17-32)18-8-5-4-6-9-18)22-12-11-19(16-28)24(30-22)34-20-10-7-13-29-23(20)31-25(34)35/h4-13,21H,14-15,17H2,1-3H3,(H,29,31,35). The minimum absolute atomic E-state index is 0.211. The van der Waals surface area contributed by atoms with E-state index in [1.54, 1.807) is 35.4 Å². The van der Waals surface area contributed by atoms with Gasteiger partial charge in [0.05, 0.1) is 17.1 Å². The number of rotatable bonds is 3. The average Bonchev–Trinajstić information content (AvgIpc) is 3.23. The Morgan fingerprint density at radius 3 is 2.62 bits per heavy atom. The molecule has 1 atom stereocenters. The number of nitrogens with zero attached hydrogens (tertiary/aromatic N) is 6. The van der Waals surface area contributed by atoms with Gasteiger partial charge in [0.25, 0.3) is 0 Å². The first-order valence-electron chi connectivity index (χ1n) is 12.0. The summed E-state index contributed by atoms with van der Waals surface area (Å²) in [6.07, 6.45) is 1.23. The number of pyridine rings is 2. The first-order valence-corrected chi connectivity index (χ1v) is 12.0. The smallest absolute Gasteiger partial charge is 0.410 e. The van der Waals surface area contributed by atoms with Gasteiger partial charge in [0.15, 0.2) is 11.5 Å². The zero-order valence-electron chi connectivity index (χ0n) is 20.9. The fraction of sp³-hybridized carbons (Fsp3) is 0.296. The van der Waals surface area contributed by atoms with E-state index >= 15 is 0 Å². The number of hydrogen-bond donors (Lipinski definition) is 1. The molecule has 10 heteroatoms. The van der Waals surface area contributed by atoms with Crippen LogP contribution in [0.4, 0.5) is 10.6 Å². The highest BCUT2D eigenvalue weighted by Gasteiger charge is 2.34. The molecule has 5 rings (SSSR count). The molecule has 0 spiro atoms. The van der Waals surface area contributed by atoms with Crippen LogP contribution in [0.25, 0.3) is 17.0 Å². The second-order valence-corrected chi connectivity index (χ2v) is 9.84. The van der Waals surface area contributed by atoms with Crippen LogP contribution >= 0.6 is 0 Å². The molecule has 188 valence electrons. The summed E-state index contributed by atoms with van der Waals surface area (Å²) in [5.74, 6) is 0.822. The topological polar surface area (TPSA) is 120 Å². The van der Waals surface area contributed by atoms with Crippen molar-refractivity contribution in [2.45, 2.75) is 32.4 Å². The Balaban J connectivity index is 1.56. The lowest BCUT2D eigenvalue weighted by Crippen LogP contribution is -2.52. The fourth-order valence-corrected chi connectivity index (χ4v) is 4.52. The Bertz CT molecular complexity index is 1550. The number of nitrogens with one attached hydrogen (secondary N) is 1. The van der Waals surface area contributed by atoms with Crippen molar-refractivity contribution in [3.05, 3.63) is 82.4 Å². The quantitative estimate of drug-likeness (QED) is 0.457. The van der Waals surface area contributed by atoms with Gasteiger partial charge in [-0.05, 0) is 50.6 Å². The monoisotopic (exact) mass is 497 g/mol. The van der Waals surface area contributed by atoms with E-state index in [9.17, 15) is 14.9 Å². The average molecular weight is 498 g/mol. The predicted octanol–water partition coefficient (Wildman–Crippen LogP) is 3.78. The number of aromatic nitrogens is 4. The Kier molecular flexibility index (Phi) is 6.13. The highest BCUT2D eigenvalue weighted by molar-refractivity contribution is 5.73. The van der Waals surface area contributed by atoms with Crippen molar-refractivity contribution in [1.82, 2.24) is 24.4 Å². The van der Waals surface area contributed by atoms with Crippen LogP contribution in [0.1, 0.15) is 37.9 Å². The van der Waals surface area contributed by atoms with Gasteiger partial charge in [-0.15, -0.1) is 0 Å². The molecule has 0 bridgehead atoms. The third-order valence-electron chi connectivity index (χ3n) is 6.16. The zero-order valence-corrected chi connectivity index (χ0v) is 20.9. The van der Waals surface area contributed by atoms with Gasteiger partial charge in [0.2, 0.25) is 0 Å². The molecule has 37 heavy (non-hydrogen) atoms. The molecule has 1 aliphatic rings. The summed E-state index contributed by atoms with van der Waals surface area (Å²) in [5, 5.41) is 9.80. The van der Waals surface area contributed by atoms with E-state index in [0.29, 0.717) is 36.6 Å². The molecule has 1 aromatic carbocycles. The highest BCUT2D eigenvalue weighted by atomic mass is 16.6. The van der Waals surface area contributed by atoms with E-state index < -0.39 is 11.3 Å². The molecule has 3 aromatic heterocycles. The summed E-state index contributed by atoms with van der Waals surface area (Å²) in [5.41, 5.74) is 1.20. The number of nitriles is 1. The van der Waals surface area contributed by atoms with Gasteiger partial charge in [-0.3, -0.25) is 4.98 Å². The third-order valence-corrected chi connectivity index (χ3v) is 6.16. The lowest BCUT2D eigenvalue weighted by molar-refractivity contribution is 0.0213. The molecule has 4 heterocycles. The van der Waals surface area contributed by atoms with Gasteiger partial charge in [-0.25, -0.2) is 24.1 Å². The second-order valence-electron chi connectivity index (χ2n) is 9.84. The van der Waals surface area contributed by atoms with Crippen LogP contribution in [0.3, 0.4) is 0 Å². The third kappa shape index (κ3) is 4.76. The molecular formula is C27H27N7O3. The lowest BCUT2D eigenvalue weighted by atomic mass is 10.0. The number of carbonyl (C=O) groups excluding carboxylic acids is 1. The summed E-state index contributed by atoms with van der Waals surface area (Å²) in [4.78, 5) is 41.3. The maximum atomic E-state index is 12.9. The largest absolute Gasteiger partial charge is 0.444 e. The Morgan fingerprint density at radius 2 is 1.89 bits per heavy atom. The zero-order chi connectivity index (χ0) is 26.2. The number of aromatic amines is 1. The molecule has 1 N–H and O–H groups in total.